The monoisotopic (exact) mass is 511 g/mol. The Morgan fingerprint density at radius 1 is 1.11 bits per heavy atom. The van der Waals surface area contributed by atoms with Gasteiger partial charge in [-0.15, -0.1) is 5.10 Å². The number of aromatic amines is 1. The van der Waals surface area contributed by atoms with Crippen molar-refractivity contribution in [1.82, 2.24) is 34.7 Å². The van der Waals surface area contributed by atoms with Gasteiger partial charge in [0.1, 0.15) is 11.4 Å². The number of nitrogens with zero attached hydrogens (tertiary/aromatic N) is 6. The molecule has 0 fully saturated rings. The van der Waals surface area contributed by atoms with Crippen LogP contribution in [0.4, 0.5) is 0 Å². The number of pyridine rings is 1. The second kappa shape index (κ2) is 10.5. The Bertz CT molecular complexity index is 1640. The Labute approximate surface area is 217 Å². The molecular weight excluding hydrogens is 486 g/mol. The second-order valence-corrected chi connectivity index (χ2v) is 8.64. The lowest BCUT2D eigenvalue weighted by Crippen LogP contribution is -2.26. The lowest BCUT2D eigenvalue weighted by Gasteiger charge is -2.11. The summed E-state index contributed by atoms with van der Waals surface area (Å²) in [7, 11) is 1.45. The molecule has 3 heterocycles. The molecule has 0 aliphatic carbocycles. The highest BCUT2D eigenvalue weighted by atomic mass is 16.5. The van der Waals surface area contributed by atoms with Gasteiger partial charge in [-0.2, -0.15) is 0 Å². The largest absolute Gasteiger partial charge is 0.495 e. The highest BCUT2D eigenvalue weighted by Crippen LogP contribution is 2.29. The number of hydrogen-bond donors (Lipinski definition) is 2. The molecule has 2 aromatic carbocycles. The van der Waals surface area contributed by atoms with Crippen molar-refractivity contribution in [3.8, 4) is 34.0 Å². The third kappa shape index (κ3) is 4.57. The molecule has 0 saturated heterocycles. The van der Waals surface area contributed by atoms with Crippen LogP contribution in [0.15, 0.2) is 71.9 Å². The minimum Gasteiger partial charge on any atom is -0.495 e. The molecule has 0 aliphatic heterocycles. The maximum atomic E-state index is 13.6. The molecule has 3 aromatic heterocycles. The number of aromatic carboxylic acids is 1. The number of rotatable bonds is 9. The molecule has 0 saturated carbocycles. The van der Waals surface area contributed by atoms with Crippen molar-refractivity contribution >= 4 is 5.97 Å². The summed E-state index contributed by atoms with van der Waals surface area (Å²) in [6, 6.07) is 14.4. The van der Waals surface area contributed by atoms with E-state index >= 15 is 0 Å². The van der Waals surface area contributed by atoms with Crippen LogP contribution >= 0.6 is 0 Å². The molecule has 0 amide bonds. The fraction of sp³-hybridized carbons (Fsp3) is 0.185. The van der Waals surface area contributed by atoms with E-state index in [0.717, 1.165) is 34.4 Å². The quantitative estimate of drug-likeness (QED) is 0.306. The zero-order chi connectivity index (χ0) is 26.6. The number of tetrazole rings is 1. The summed E-state index contributed by atoms with van der Waals surface area (Å²) >= 11 is 0. The summed E-state index contributed by atoms with van der Waals surface area (Å²) < 4.78 is 8.46. The molecule has 0 atom stereocenters. The van der Waals surface area contributed by atoms with Crippen LogP contribution < -0.4 is 10.4 Å². The van der Waals surface area contributed by atoms with E-state index in [1.165, 1.54) is 17.7 Å². The van der Waals surface area contributed by atoms with Gasteiger partial charge in [-0.1, -0.05) is 43.7 Å². The van der Waals surface area contributed by atoms with Gasteiger partial charge in [0, 0.05) is 35.4 Å². The first kappa shape index (κ1) is 24.6. The van der Waals surface area contributed by atoms with E-state index in [9.17, 15) is 14.7 Å². The van der Waals surface area contributed by atoms with E-state index in [2.05, 4.69) is 25.6 Å². The fourth-order valence-electron chi connectivity index (χ4n) is 4.50. The Morgan fingerprint density at radius 2 is 1.92 bits per heavy atom. The first-order chi connectivity index (χ1) is 18.5. The number of aromatic nitrogens is 7. The molecule has 5 rings (SSSR count). The predicted molar refractivity (Wildman–Crippen MR) is 139 cm³/mol. The van der Waals surface area contributed by atoms with E-state index in [4.69, 9.17) is 4.74 Å². The van der Waals surface area contributed by atoms with Crippen LogP contribution in [0.2, 0.25) is 0 Å². The van der Waals surface area contributed by atoms with Crippen molar-refractivity contribution < 1.29 is 14.6 Å². The highest BCUT2D eigenvalue weighted by Gasteiger charge is 2.21. The number of para-hydroxylation sites is 1. The van der Waals surface area contributed by atoms with Gasteiger partial charge in [0.05, 0.1) is 19.2 Å². The molecule has 0 radical (unpaired) electrons. The number of imidazole rings is 1. The predicted octanol–water partition coefficient (Wildman–Crippen LogP) is 3.59. The third-order valence-electron chi connectivity index (χ3n) is 6.29. The summed E-state index contributed by atoms with van der Waals surface area (Å²) in [6.45, 7) is 2.35. The number of carboxylic acid groups (broad SMARTS) is 1. The number of hydrogen-bond acceptors (Lipinski definition) is 7. The lowest BCUT2D eigenvalue weighted by molar-refractivity contribution is 0.0696. The van der Waals surface area contributed by atoms with Crippen molar-refractivity contribution in [1.29, 1.82) is 0 Å². The Balaban J connectivity index is 1.52. The van der Waals surface area contributed by atoms with Crippen LogP contribution in [-0.2, 0) is 13.0 Å². The number of H-pyrrole nitrogens is 1. The average Bonchev–Trinajstić information content (AvgIpc) is 3.58. The molecule has 192 valence electrons. The number of ether oxygens (including phenoxy) is 1. The molecule has 11 heteroatoms. The normalized spacial score (nSPS) is 11.0. The Hall–Kier alpha value is -5.06. The van der Waals surface area contributed by atoms with Crippen LogP contribution in [0.3, 0.4) is 0 Å². The summed E-state index contributed by atoms with van der Waals surface area (Å²) in [4.78, 5) is 29.8. The minimum absolute atomic E-state index is 0.00904. The van der Waals surface area contributed by atoms with Crippen LogP contribution in [-0.4, -0.2) is 52.9 Å². The van der Waals surface area contributed by atoms with Crippen molar-refractivity contribution in [3.63, 3.8) is 0 Å². The molecule has 0 spiro atoms. The van der Waals surface area contributed by atoms with Crippen molar-refractivity contribution in [2.75, 3.05) is 7.11 Å². The summed E-state index contributed by atoms with van der Waals surface area (Å²) in [5.74, 6) is -0.284. The standard InChI is InChI=1S/C27H25N7O4/c1-3-5-19-16-34(24-21(26(35)36)6-4-7-23(24)38-2)27(37)33(19)15-17-8-10-18(11-9-17)22-14-28-13-12-20(22)25-29-31-32-30-25/h4,6-14,16H,3,5,15H2,1-2H3,(H,35,36)(H,29,30,31,32). The Morgan fingerprint density at radius 3 is 2.61 bits per heavy atom. The van der Waals surface area contributed by atoms with Crippen molar-refractivity contribution in [2.45, 2.75) is 26.3 Å². The minimum atomic E-state index is -1.14. The molecule has 2 N–H and O–H groups in total. The topological polar surface area (TPSA) is 141 Å². The van der Waals surface area contributed by atoms with E-state index in [-0.39, 0.29) is 16.9 Å². The SMILES string of the molecule is CCCc1cn(-c2c(OC)cccc2C(=O)O)c(=O)n1Cc1ccc(-c2cnccc2-c2nnn[nH]2)cc1. The molecule has 0 unspecified atom stereocenters. The summed E-state index contributed by atoms with van der Waals surface area (Å²) in [5, 5.41) is 23.9. The summed E-state index contributed by atoms with van der Waals surface area (Å²) in [6.07, 6.45) is 6.62. The van der Waals surface area contributed by atoms with Crippen LogP contribution in [0.25, 0.3) is 28.2 Å². The highest BCUT2D eigenvalue weighted by molar-refractivity contribution is 5.93. The number of carboxylic acids is 1. The fourth-order valence-corrected chi connectivity index (χ4v) is 4.50. The lowest BCUT2D eigenvalue weighted by atomic mass is 10.0. The molecule has 5 aromatic rings. The number of benzene rings is 2. The van der Waals surface area contributed by atoms with Crippen LogP contribution in [0.1, 0.15) is 35.0 Å². The number of nitrogens with one attached hydrogen (secondary N) is 1. The van der Waals surface area contributed by atoms with Gasteiger partial charge >= 0.3 is 11.7 Å². The number of methoxy groups -OCH3 is 1. The second-order valence-electron chi connectivity index (χ2n) is 8.64. The maximum absolute atomic E-state index is 13.6. The smallest absolute Gasteiger partial charge is 0.337 e. The van der Waals surface area contributed by atoms with Gasteiger partial charge < -0.3 is 9.84 Å². The van der Waals surface area contributed by atoms with Crippen molar-refractivity contribution in [3.05, 3.63) is 94.4 Å². The number of aryl methyl sites for hydroxylation is 1. The van der Waals surface area contributed by atoms with Gasteiger partial charge in [-0.05, 0) is 46.2 Å². The molecular formula is C27H25N7O4. The van der Waals surface area contributed by atoms with Crippen molar-refractivity contribution in [2.24, 2.45) is 0 Å². The van der Waals surface area contributed by atoms with E-state index in [1.807, 2.05) is 37.3 Å². The molecule has 0 aliphatic rings. The average molecular weight is 512 g/mol. The third-order valence-corrected chi connectivity index (χ3v) is 6.29. The van der Waals surface area contributed by atoms with E-state index < -0.39 is 5.97 Å². The number of carbonyl (C=O) groups is 1. The van der Waals surface area contributed by atoms with Gasteiger partial charge in [-0.3, -0.25) is 14.1 Å². The maximum Gasteiger partial charge on any atom is 0.337 e. The van der Waals surface area contributed by atoms with Gasteiger partial charge in [0.25, 0.3) is 0 Å². The van der Waals surface area contributed by atoms with Gasteiger partial charge in [0.15, 0.2) is 5.82 Å². The first-order valence-corrected chi connectivity index (χ1v) is 12.0. The Kier molecular flexibility index (Phi) is 6.81. The van der Waals surface area contributed by atoms with Crippen LogP contribution in [0.5, 0.6) is 5.75 Å². The van der Waals surface area contributed by atoms with E-state index in [1.54, 1.807) is 35.3 Å². The molecule has 0 bridgehead atoms. The van der Waals surface area contributed by atoms with Gasteiger partial charge in [-0.25, -0.2) is 14.7 Å². The molecule has 38 heavy (non-hydrogen) atoms. The first-order valence-electron chi connectivity index (χ1n) is 12.0. The molecule has 11 nitrogen and oxygen atoms in total. The van der Waals surface area contributed by atoms with Crippen LogP contribution in [0, 0.1) is 0 Å². The van der Waals surface area contributed by atoms with E-state index in [0.29, 0.717) is 24.5 Å². The zero-order valence-corrected chi connectivity index (χ0v) is 20.8. The van der Waals surface area contributed by atoms with Gasteiger partial charge in [0.2, 0.25) is 0 Å². The zero-order valence-electron chi connectivity index (χ0n) is 20.8. The summed E-state index contributed by atoms with van der Waals surface area (Å²) in [5.41, 5.74) is 4.19.